The zero-order valence-corrected chi connectivity index (χ0v) is 17.1. The molecule has 0 amide bonds. The molecule has 1 fully saturated rings. The second-order valence-corrected chi connectivity index (χ2v) is 8.60. The Labute approximate surface area is 175 Å². The molecule has 3 aliphatic rings. The van der Waals surface area contributed by atoms with Gasteiger partial charge in [-0.2, -0.15) is 0 Å². The van der Waals surface area contributed by atoms with Crippen molar-refractivity contribution in [3.05, 3.63) is 40.6 Å². The number of piperazine rings is 1. The first-order chi connectivity index (χ1) is 14.1. The molecule has 0 saturated carbocycles. The summed E-state index contributed by atoms with van der Waals surface area (Å²) in [5.74, 6) is 1.98. The monoisotopic (exact) mass is 415 g/mol. The topological polar surface area (TPSA) is 77.7 Å². The Balaban J connectivity index is 1.09. The molecule has 5 rings (SSSR count). The third kappa shape index (κ3) is 3.36. The Hall–Kier alpha value is -2.25. The lowest BCUT2D eigenvalue weighted by molar-refractivity contribution is 0.249. The minimum Gasteiger partial charge on any atom is -0.494 e. The molecular formula is C21H26ClN5O2. The number of aromatic nitrogens is 3. The van der Waals surface area contributed by atoms with Gasteiger partial charge in [-0.3, -0.25) is 9.47 Å². The summed E-state index contributed by atoms with van der Waals surface area (Å²) >= 11 is 5.81. The van der Waals surface area contributed by atoms with Crippen molar-refractivity contribution in [3.8, 4) is 11.8 Å². The highest BCUT2D eigenvalue weighted by Gasteiger charge is 2.40. The zero-order chi connectivity index (χ0) is 20.0. The molecule has 0 aromatic carbocycles. The molecular weight excluding hydrogens is 390 g/mol. The number of anilines is 1. The Kier molecular flexibility index (Phi) is 4.87. The zero-order valence-electron chi connectivity index (χ0n) is 16.3. The van der Waals surface area contributed by atoms with Crippen molar-refractivity contribution in [1.82, 2.24) is 19.7 Å². The molecule has 154 valence electrons. The van der Waals surface area contributed by atoms with Gasteiger partial charge in [-0.05, 0) is 37.9 Å². The second kappa shape index (κ2) is 7.54. The van der Waals surface area contributed by atoms with Gasteiger partial charge < -0.3 is 15.1 Å². The van der Waals surface area contributed by atoms with E-state index in [1.54, 1.807) is 10.6 Å². The third-order valence-electron chi connectivity index (χ3n) is 6.53. The van der Waals surface area contributed by atoms with Crippen LogP contribution in [0.2, 0.25) is 5.15 Å². The fourth-order valence-electron chi connectivity index (χ4n) is 4.99. The largest absolute Gasteiger partial charge is 0.494 e. The average molecular weight is 416 g/mol. The Morgan fingerprint density at radius 1 is 0.897 bits per heavy atom. The van der Waals surface area contributed by atoms with Gasteiger partial charge in [0, 0.05) is 55.7 Å². The number of nitrogens with zero attached hydrogens (tertiary/aromatic N) is 5. The lowest BCUT2D eigenvalue weighted by Crippen LogP contribution is -2.47. The molecule has 8 heteroatoms. The molecule has 2 N–H and O–H groups in total. The summed E-state index contributed by atoms with van der Waals surface area (Å²) in [5.41, 5.74) is 1.91. The lowest BCUT2D eigenvalue weighted by Gasteiger charge is -2.35. The predicted octanol–water partition coefficient (Wildman–Crippen LogP) is 3.09. The SMILES string of the molecule is Oc1c2c(c(O)n1CCCCN1CCN(c3ccc(Cl)nn3)CC1)C1C=CC2C1. The summed E-state index contributed by atoms with van der Waals surface area (Å²) < 4.78 is 1.70. The first-order valence-corrected chi connectivity index (χ1v) is 10.8. The molecule has 3 heterocycles. The van der Waals surface area contributed by atoms with E-state index < -0.39 is 0 Å². The number of unbranched alkanes of at least 4 members (excludes halogenated alkanes) is 1. The molecule has 1 aliphatic heterocycles. The van der Waals surface area contributed by atoms with Crippen LogP contribution >= 0.6 is 11.6 Å². The maximum Gasteiger partial charge on any atom is 0.198 e. The molecule has 2 aliphatic carbocycles. The van der Waals surface area contributed by atoms with Gasteiger partial charge in [-0.25, -0.2) is 0 Å². The van der Waals surface area contributed by atoms with Crippen LogP contribution in [0.15, 0.2) is 24.3 Å². The highest BCUT2D eigenvalue weighted by molar-refractivity contribution is 6.29. The summed E-state index contributed by atoms with van der Waals surface area (Å²) in [6, 6.07) is 3.69. The van der Waals surface area contributed by atoms with Crippen LogP contribution in [0, 0.1) is 0 Å². The van der Waals surface area contributed by atoms with Crippen molar-refractivity contribution in [2.75, 3.05) is 37.6 Å². The number of hydrogen-bond donors (Lipinski definition) is 2. The lowest BCUT2D eigenvalue weighted by atomic mass is 10.0. The van der Waals surface area contributed by atoms with Gasteiger partial charge in [0.1, 0.15) is 0 Å². The van der Waals surface area contributed by atoms with Crippen molar-refractivity contribution in [2.45, 2.75) is 37.6 Å². The van der Waals surface area contributed by atoms with E-state index in [2.05, 4.69) is 32.1 Å². The first-order valence-electron chi connectivity index (χ1n) is 10.4. The molecule has 7 nitrogen and oxygen atoms in total. The van der Waals surface area contributed by atoms with E-state index in [4.69, 9.17) is 11.6 Å². The van der Waals surface area contributed by atoms with E-state index in [1.165, 1.54) is 0 Å². The van der Waals surface area contributed by atoms with Crippen molar-refractivity contribution in [3.63, 3.8) is 0 Å². The fourth-order valence-corrected chi connectivity index (χ4v) is 5.09. The maximum absolute atomic E-state index is 10.6. The molecule has 29 heavy (non-hydrogen) atoms. The highest BCUT2D eigenvalue weighted by Crippen LogP contribution is 2.56. The number of allylic oxidation sites excluding steroid dienone is 2. The Morgan fingerprint density at radius 3 is 2.17 bits per heavy atom. The average Bonchev–Trinajstić information content (AvgIpc) is 3.41. The van der Waals surface area contributed by atoms with Gasteiger partial charge in [0.25, 0.3) is 0 Å². The quantitative estimate of drug-likeness (QED) is 0.557. The van der Waals surface area contributed by atoms with Crippen LogP contribution in [-0.4, -0.2) is 62.6 Å². The number of halogens is 1. The van der Waals surface area contributed by atoms with Crippen LogP contribution in [0.25, 0.3) is 0 Å². The van der Waals surface area contributed by atoms with E-state index in [-0.39, 0.29) is 23.6 Å². The Bertz CT molecular complexity index is 883. The molecule has 0 radical (unpaired) electrons. The molecule has 0 spiro atoms. The van der Waals surface area contributed by atoms with Gasteiger partial charge in [0.15, 0.2) is 22.7 Å². The van der Waals surface area contributed by atoms with Crippen LogP contribution in [0.3, 0.4) is 0 Å². The van der Waals surface area contributed by atoms with Crippen LogP contribution < -0.4 is 4.90 Å². The maximum atomic E-state index is 10.6. The number of rotatable bonds is 6. The highest BCUT2D eigenvalue weighted by atomic mass is 35.5. The summed E-state index contributed by atoms with van der Waals surface area (Å²) in [7, 11) is 0. The number of fused-ring (bicyclic) bond motifs is 5. The molecule has 2 aromatic rings. The van der Waals surface area contributed by atoms with E-state index >= 15 is 0 Å². The minimum absolute atomic E-state index is 0.270. The number of aromatic hydroxyl groups is 2. The van der Waals surface area contributed by atoms with Crippen LogP contribution in [-0.2, 0) is 6.54 Å². The van der Waals surface area contributed by atoms with Gasteiger partial charge in [-0.15, -0.1) is 10.2 Å². The summed E-state index contributed by atoms with van der Waals surface area (Å²) in [5, 5.41) is 29.7. The second-order valence-electron chi connectivity index (χ2n) is 8.21. The molecule has 2 atom stereocenters. The van der Waals surface area contributed by atoms with Gasteiger partial charge in [-0.1, -0.05) is 23.8 Å². The smallest absolute Gasteiger partial charge is 0.198 e. The minimum atomic E-state index is 0.270. The molecule has 2 bridgehead atoms. The molecule has 2 unspecified atom stereocenters. The van der Waals surface area contributed by atoms with Crippen LogP contribution in [0.4, 0.5) is 5.82 Å². The van der Waals surface area contributed by atoms with Crippen molar-refractivity contribution in [2.24, 2.45) is 0 Å². The van der Waals surface area contributed by atoms with Gasteiger partial charge in [0.05, 0.1) is 0 Å². The van der Waals surface area contributed by atoms with Gasteiger partial charge >= 0.3 is 0 Å². The van der Waals surface area contributed by atoms with Crippen molar-refractivity contribution < 1.29 is 10.2 Å². The van der Waals surface area contributed by atoms with Crippen LogP contribution in [0.1, 0.15) is 42.2 Å². The first kappa shape index (κ1) is 18.8. The molecule has 1 saturated heterocycles. The fraction of sp³-hybridized carbons (Fsp3) is 0.524. The van der Waals surface area contributed by atoms with E-state index in [0.29, 0.717) is 11.7 Å². The third-order valence-corrected chi connectivity index (χ3v) is 6.73. The predicted molar refractivity (Wildman–Crippen MR) is 112 cm³/mol. The Morgan fingerprint density at radius 2 is 1.55 bits per heavy atom. The van der Waals surface area contributed by atoms with Crippen molar-refractivity contribution in [1.29, 1.82) is 0 Å². The number of hydrogen-bond acceptors (Lipinski definition) is 6. The van der Waals surface area contributed by atoms with E-state index in [0.717, 1.165) is 68.9 Å². The summed E-state index contributed by atoms with van der Waals surface area (Å²) in [4.78, 5) is 4.69. The van der Waals surface area contributed by atoms with E-state index in [9.17, 15) is 10.2 Å². The summed E-state index contributed by atoms with van der Waals surface area (Å²) in [6.07, 6.45) is 7.28. The normalized spacial score (nSPS) is 23.1. The molecule has 2 aromatic heterocycles. The van der Waals surface area contributed by atoms with Crippen molar-refractivity contribution >= 4 is 17.4 Å². The van der Waals surface area contributed by atoms with E-state index in [1.807, 2.05) is 6.07 Å². The standard InChI is InChI=1S/C21H26ClN5O2/c22-16-5-6-17(24-23-16)26-11-9-25(10-12-26)7-1-2-8-27-20(28)18-14-3-4-15(13-14)19(18)21(27)29/h3-6,14-15,28-29H,1-2,7-13H2. The van der Waals surface area contributed by atoms with Crippen LogP contribution in [0.5, 0.6) is 11.8 Å². The van der Waals surface area contributed by atoms with Gasteiger partial charge in [0.2, 0.25) is 0 Å². The summed E-state index contributed by atoms with van der Waals surface area (Å²) in [6.45, 7) is 5.52.